The summed E-state index contributed by atoms with van der Waals surface area (Å²) >= 11 is 0. The van der Waals surface area contributed by atoms with Gasteiger partial charge in [0.25, 0.3) is 0 Å². The van der Waals surface area contributed by atoms with E-state index in [0.717, 1.165) is 12.6 Å². The van der Waals surface area contributed by atoms with Gasteiger partial charge in [0, 0.05) is 31.2 Å². The number of aromatic carboxylic acids is 1. The maximum atomic E-state index is 15.4. The molecule has 2 unspecified atom stereocenters. The minimum atomic E-state index is -1.49. The molecule has 1 aromatic carbocycles. The zero-order valence-corrected chi connectivity index (χ0v) is 15.6. The summed E-state index contributed by atoms with van der Waals surface area (Å²) in [5.74, 6) is -2.09. The number of benzene rings is 1. The van der Waals surface area contributed by atoms with Crippen LogP contribution >= 0.6 is 0 Å². The SMILES string of the molecule is COc1c(N2CC3CC3(N)C2)c(F)c(N)c2c(=O)c(C(=O)O)cn([C@@H]3C[C@@H]3F)c12. The number of halogens is 2. The van der Waals surface area contributed by atoms with E-state index in [2.05, 4.69) is 0 Å². The molecule has 8 nitrogen and oxygen atoms in total. The molecule has 0 spiro atoms. The second-order valence-electron chi connectivity index (χ2n) is 8.25. The Morgan fingerprint density at radius 2 is 2.14 bits per heavy atom. The van der Waals surface area contributed by atoms with Crippen molar-refractivity contribution in [3.05, 3.63) is 27.8 Å². The molecule has 0 amide bonds. The number of alkyl halides is 1. The van der Waals surface area contributed by atoms with Crippen molar-refractivity contribution in [2.75, 3.05) is 30.8 Å². The molecule has 2 saturated carbocycles. The first-order valence-corrected chi connectivity index (χ1v) is 9.33. The van der Waals surface area contributed by atoms with E-state index in [9.17, 15) is 19.1 Å². The lowest BCUT2D eigenvalue weighted by Crippen LogP contribution is -2.34. The summed E-state index contributed by atoms with van der Waals surface area (Å²) in [6, 6.07) is -0.671. The molecule has 5 N–H and O–H groups in total. The minimum Gasteiger partial charge on any atom is -0.492 e. The van der Waals surface area contributed by atoms with E-state index in [1.54, 1.807) is 4.90 Å². The largest absolute Gasteiger partial charge is 0.492 e. The molecule has 3 fully saturated rings. The fraction of sp³-hybridized carbons (Fsp3) is 0.474. The molecule has 2 aromatic rings. The van der Waals surface area contributed by atoms with Crippen LogP contribution in [-0.4, -0.2) is 47.6 Å². The number of aromatic nitrogens is 1. The van der Waals surface area contributed by atoms with Gasteiger partial charge in [0.05, 0.1) is 29.7 Å². The summed E-state index contributed by atoms with van der Waals surface area (Å²) in [4.78, 5) is 26.1. The predicted octanol–water partition coefficient (Wildman–Crippen LogP) is 1.25. The molecule has 10 heteroatoms. The average molecular weight is 406 g/mol. The van der Waals surface area contributed by atoms with Crippen molar-refractivity contribution in [3.8, 4) is 5.75 Å². The molecule has 0 radical (unpaired) electrons. The maximum absolute atomic E-state index is 15.4. The highest BCUT2D eigenvalue weighted by atomic mass is 19.1. The van der Waals surface area contributed by atoms with Gasteiger partial charge < -0.3 is 30.8 Å². The number of nitrogens with two attached hydrogens (primary N) is 2. The minimum absolute atomic E-state index is 0.0322. The van der Waals surface area contributed by atoms with E-state index in [1.165, 1.54) is 11.7 Å². The molecule has 29 heavy (non-hydrogen) atoms. The van der Waals surface area contributed by atoms with Gasteiger partial charge in [0.15, 0.2) is 11.6 Å². The number of carboxylic acid groups (broad SMARTS) is 1. The monoisotopic (exact) mass is 406 g/mol. The highest BCUT2D eigenvalue weighted by molar-refractivity contribution is 6.03. The number of hydrogen-bond donors (Lipinski definition) is 3. The Balaban J connectivity index is 1.85. The molecular formula is C19H20F2N4O4. The number of nitrogens with zero attached hydrogens (tertiary/aromatic N) is 2. The quantitative estimate of drug-likeness (QED) is 0.653. The predicted molar refractivity (Wildman–Crippen MR) is 102 cm³/mol. The van der Waals surface area contributed by atoms with Crippen molar-refractivity contribution in [2.45, 2.75) is 30.6 Å². The van der Waals surface area contributed by atoms with Crippen molar-refractivity contribution in [3.63, 3.8) is 0 Å². The van der Waals surface area contributed by atoms with Crippen LogP contribution in [0.25, 0.3) is 10.9 Å². The van der Waals surface area contributed by atoms with Crippen LogP contribution < -0.4 is 26.5 Å². The van der Waals surface area contributed by atoms with Crippen molar-refractivity contribution in [1.29, 1.82) is 0 Å². The van der Waals surface area contributed by atoms with E-state index in [4.69, 9.17) is 16.2 Å². The van der Waals surface area contributed by atoms with Crippen LogP contribution in [0.2, 0.25) is 0 Å². The highest BCUT2D eigenvalue weighted by Crippen LogP contribution is 2.53. The molecule has 1 saturated heterocycles. The third kappa shape index (κ3) is 2.38. The fourth-order valence-corrected chi connectivity index (χ4v) is 4.59. The molecule has 1 aliphatic heterocycles. The van der Waals surface area contributed by atoms with Crippen molar-refractivity contribution < 1.29 is 23.4 Å². The number of carbonyl (C=O) groups is 1. The number of fused-ring (bicyclic) bond motifs is 2. The summed E-state index contributed by atoms with van der Waals surface area (Å²) < 4.78 is 36.1. The summed E-state index contributed by atoms with van der Waals surface area (Å²) in [7, 11) is 1.32. The lowest BCUT2D eigenvalue weighted by molar-refractivity contribution is 0.0694. The average Bonchev–Trinajstić information content (AvgIpc) is 3.51. The molecule has 2 heterocycles. The number of hydrogen-bond acceptors (Lipinski definition) is 6. The van der Waals surface area contributed by atoms with Crippen LogP contribution in [0, 0.1) is 11.7 Å². The third-order valence-corrected chi connectivity index (χ3v) is 6.37. The molecule has 3 aliphatic rings. The number of methoxy groups -OCH3 is 1. The third-order valence-electron chi connectivity index (χ3n) is 6.37. The van der Waals surface area contributed by atoms with Crippen molar-refractivity contribution >= 4 is 28.2 Å². The smallest absolute Gasteiger partial charge is 0.341 e. The Morgan fingerprint density at radius 3 is 2.66 bits per heavy atom. The molecule has 154 valence electrons. The Labute approximate surface area is 163 Å². The number of anilines is 2. The first-order chi connectivity index (χ1) is 13.7. The number of ether oxygens (including phenoxy) is 1. The molecule has 2 aliphatic carbocycles. The lowest BCUT2D eigenvalue weighted by Gasteiger charge is -2.27. The zero-order chi connectivity index (χ0) is 20.8. The van der Waals surface area contributed by atoms with Gasteiger partial charge in [-0.15, -0.1) is 0 Å². The zero-order valence-electron chi connectivity index (χ0n) is 15.6. The second-order valence-corrected chi connectivity index (χ2v) is 8.25. The van der Waals surface area contributed by atoms with Gasteiger partial charge >= 0.3 is 5.97 Å². The topological polar surface area (TPSA) is 124 Å². The van der Waals surface area contributed by atoms with E-state index < -0.39 is 40.7 Å². The summed E-state index contributed by atoms with van der Waals surface area (Å²) in [5, 5.41) is 9.09. The van der Waals surface area contributed by atoms with E-state index in [1.807, 2.05) is 0 Å². The normalized spacial score (nSPS) is 29.8. The van der Waals surface area contributed by atoms with E-state index in [-0.39, 0.29) is 40.2 Å². The van der Waals surface area contributed by atoms with Gasteiger partial charge in [-0.1, -0.05) is 0 Å². The Hall–Kier alpha value is -2.88. The fourth-order valence-electron chi connectivity index (χ4n) is 4.59. The number of nitrogen functional groups attached to an aromatic ring is 1. The van der Waals surface area contributed by atoms with Crippen LogP contribution in [0.1, 0.15) is 29.2 Å². The maximum Gasteiger partial charge on any atom is 0.341 e. The summed E-state index contributed by atoms with van der Waals surface area (Å²) in [6.07, 6.45) is 0.903. The van der Waals surface area contributed by atoms with E-state index >= 15 is 4.39 Å². The van der Waals surface area contributed by atoms with Gasteiger partial charge in [0.1, 0.15) is 17.4 Å². The number of carboxylic acids is 1. The number of rotatable bonds is 4. The van der Waals surface area contributed by atoms with Crippen LogP contribution in [0.15, 0.2) is 11.0 Å². The van der Waals surface area contributed by atoms with Crippen LogP contribution in [0.3, 0.4) is 0 Å². The van der Waals surface area contributed by atoms with Crippen LogP contribution in [0.4, 0.5) is 20.2 Å². The van der Waals surface area contributed by atoms with Crippen LogP contribution in [-0.2, 0) is 0 Å². The Morgan fingerprint density at radius 1 is 1.45 bits per heavy atom. The van der Waals surface area contributed by atoms with Gasteiger partial charge in [0.2, 0.25) is 5.43 Å². The first-order valence-electron chi connectivity index (χ1n) is 9.33. The van der Waals surface area contributed by atoms with Crippen molar-refractivity contribution in [1.82, 2.24) is 4.57 Å². The highest BCUT2D eigenvalue weighted by Gasteiger charge is 2.58. The number of pyridine rings is 1. The van der Waals surface area contributed by atoms with Crippen molar-refractivity contribution in [2.24, 2.45) is 11.7 Å². The summed E-state index contributed by atoms with van der Waals surface area (Å²) in [5.41, 5.74) is 10.0. The lowest BCUT2D eigenvalue weighted by atomic mass is 10.1. The molecule has 1 aromatic heterocycles. The van der Waals surface area contributed by atoms with Gasteiger partial charge in [-0.2, -0.15) is 0 Å². The molecule has 0 bridgehead atoms. The van der Waals surface area contributed by atoms with Gasteiger partial charge in [-0.05, 0) is 12.3 Å². The Kier molecular flexibility index (Phi) is 3.50. The molecule has 4 atom stereocenters. The van der Waals surface area contributed by atoms with Gasteiger partial charge in [-0.3, -0.25) is 4.79 Å². The van der Waals surface area contributed by atoms with E-state index in [0.29, 0.717) is 13.1 Å². The standard InChI is InChI=1S/C19H20F2N4O4/c1-29-17-14-11(16(26)8(18(27)28)5-25(14)10-2-9(10)20)13(22)12(21)15(17)24-4-7-3-19(7,23)6-24/h5,7,9-10H,2-4,6,22-23H2,1H3,(H,27,28)/t7?,9-,10+,19?/m0/s1. The summed E-state index contributed by atoms with van der Waals surface area (Å²) in [6.45, 7) is 0.920. The first kappa shape index (κ1) is 18.2. The van der Waals surface area contributed by atoms with Gasteiger partial charge in [-0.25, -0.2) is 13.6 Å². The number of piperidine rings is 1. The Bertz CT molecular complexity index is 1150. The van der Waals surface area contributed by atoms with Crippen LogP contribution in [0.5, 0.6) is 5.75 Å². The molecular weight excluding hydrogens is 386 g/mol. The molecule has 5 rings (SSSR count). The second kappa shape index (κ2) is 5.59.